The number of carbonyl (C=O) groups excluding carboxylic acids is 1. The van der Waals surface area contributed by atoms with E-state index < -0.39 is 0 Å². The van der Waals surface area contributed by atoms with E-state index in [9.17, 15) is 9.59 Å². The molecule has 1 atom stereocenters. The van der Waals surface area contributed by atoms with Crippen LogP contribution < -0.4 is 10.9 Å². The van der Waals surface area contributed by atoms with Gasteiger partial charge < -0.3 is 10.3 Å². The number of nitrogens with one attached hydrogen (secondary N) is 2. The number of pyridine rings is 1. The molecule has 0 radical (unpaired) electrons. The summed E-state index contributed by atoms with van der Waals surface area (Å²) >= 11 is 0. The van der Waals surface area contributed by atoms with Crippen molar-refractivity contribution in [2.24, 2.45) is 0 Å². The van der Waals surface area contributed by atoms with Crippen LogP contribution in [-0.4, -0.2) is 11.4 Å². The molecule has 4 nitrogen and oxygen atoms in total. The molecule has 4 heteroatoms. The third-order valence-electron chi connectivity index (χ3n) is 4.03. The maximum absolute atomic E-state index is 11.9. The van der Waals surface area contributed by atoms with Crippen LogP contribution >= 0.6 is 0 Å². The highest BCUT2D eigenvalue weighted by Gasteiger charge is 2.13. The van der Waals surface area contributed by atoms with Gasteiger partial charge in [0.25, 0.3) is 5.56 Å². The number of benzene rings is 2. The van der Waals surface area contributed by atoms with Crippen LogP contribution in [0.3, 0.4) is 0 Å². The average molecular weight is 306 g/mol. The van der Waals surface area contributed by atoms with Crippen molar-refractivity contribution in [3.05, 3.63) is 81.6 Å². The highest BCUT2D eigenvalue weighted by molar-refractivity contribution is 5.80. The molecule has 0 aliphatic rings. The number of H-pyrrole nitrogens is 1. The summed E-state index contributed by atoms with van der Waals surface area (Å²) in [6, 6.07) is 17.3. The zero-order chi connectivity index (χ0) is 16.2. The Labute approximate surface area is 134 Å². The van der Waals surface area contributed by atoms with E-state index in [-0.39, 0.29) is 11.6 Å². The van der Waals surface area contributed by atoms with Crippen molar-refractivity contribution in [1.82, 2.24) is 10.3 Å². The van der Waals surface area contributed by atoms with Crippen LogP contribution in [0.2, 0.25) is 0 Å². The van der Waals surface area contributed by atoms with Crippen molar-refractivity contribution in [2.75, 3.05) is 0 Å². The largest absolute Gasteiger partial charge is 0.348 e. The zero-order valence-electron chi connectivity index (χ0n) is 12.9. The van der Waals surface area contributed by atoms with Crippen molar-refractivity contribution < 1.29 is 4.79 Å². The van der Waals surface area contributed by atoms with Gasteiger partial charge in [-0.15, -0.1) is 0 Å². The van der Waals surface area contributed by atoms with Gasteiger partial charge in [-0.3, -0.25) is 9.59 Å². The molecule has 0 saturated carbocycles. The van der Waals surface area contributed by atoms with Gasteiger partial charge in [-0.2, -0.15) is 0 Å². The molecule has 1 aromatic heterocycles. The van der Waals surface area contributed by atoms with Crippen molar-refractivity contribution >= 4 is 17.3 Å². The number of carbonyl (C=O) groups is 1. The Balaban J connectivity index is 2.11. The quantitative estimate of drug-likeness (QED) is 0.712. The summed E-state index contributed by atoms with van der Waals surface area (Å²) in [7, 11) is 0. The Morgan fingerprint density at radius 1 is 1.09 bits per heavy atom. The van der Waals surface area contributed by atoms with Gasteiger partial charge in [-0.25, -0.2) is 0 Å². The van der Waals surface area contributed by atoms with E-state index in [1.54, 1.807) is 0 Å². The number of aromatic nitrogens is 1. The molecule has 23 heavy (non-hydrogen) atoms. The Hall–Kier alpha value is -2.88. The predicted octanol–water partition coefficient (Wildman–Crippen LogP) is 2.93. The van der Waals surface area contributed by atoms with Gasteiger partial charge in [0, 0.05) is 11.1 Å². The molecule has 0 spiro atoms. The summed E-state index contributed by atoms with van der Waals surface area (Å²) in [5.41, 5.74) is 3.51. The molecule has 1 amide bonds. The van der Waals surface area contributed by atoms with Gasteiger partial charge in [0.05, 0.1) is 6.04 Å². The Morgan fingerprint density at radius 3 is 2.57 bits per heavy atom. The molecule has 0 aliphatic carbocycles. The van der Waals surface area contributed by atoms with Crippen LogP contribution in [0, 0.1) is 0 Å². The number of hydrogen-bond donors (Lipinski definition) is 2. The minimum Gasteiger partial charge on any atom is -0.348 e. The van der Waals surface area contributed by atoms with E-state index in [1.165, 1.54) is 0 Å². The summed E-state index contributed by atoms with van der Waals surface area (Å²) in [6.45, 7) is 1.96. The third kappa shape index (κ3) is 3.01. The number of rotatable bonds is 5. The smallest absolute Gasteiger partial charge is 0.251 e. The number of aryl methyl sites for hydroxylation is 1. The Morgan fingerprint density at radius 2 is 1.87 bits per heavy atom. The van der Waals surface area contributed by atoms with Crippen molar-refractivity contribution in [2.45, 2.75) is 19.4 Å². The third-order valence-corrected chi connectivity index (χ3v) is 4.03. The summed E-state index contributed by atoms with van der Waals surface area (Å²) in [6.07, 6.45) is 1.40. The van der Waals surface area contributed by atoms with E-state index in [2.05, 4.69) is 10.3 Å². The SMILES string of the molecule is CCc1cc2cc(C(NC=O)c3ccccc3)ccc2[nH]c1=O. The Kier molecular flexibility index (Phi) is 4.24. The molecular formula is C19H18N2O2. The van der Waals surface area contributed by atoms with Crippen LogP contribution in [0.4, 0.5) is 0 Å². The first-order valence-electron chi connectivity index (χ1n) is 7.63. The van der Waals surface area contributed by atoms with Gasteiger partial charge in [0.15, 0.2) is 0 Å². The van der Waals surface area contributed by atoms with Gasteiger partial charge in [-0.05, 0) is 41.1 Å². The normalized spacial score (nSPS) is 12.0. The fourth-order valence-electron chi connectivity index (χ4n) is 2.81. The average Bonchev–Trinajstić information content (AvgIpc) is 2.59. The van der Waals surface area contributed by atoms with E-state index in [0.717, 1.165) is 27.6 Å². The molecular weight excluding hydrogens is 288 g/mol. The van der Waals surface area contributed by atoms with Gasteiger partial charge >= 0.3 is 0 Å². The number of hydrogen-bond acceptors (Lipinski definition) is 2. The maximum atomic E-state index is 11.9. The molecule has 3 aromatic rings. The minimum atomic E-state index is -0.213. The molecule has 0 aliphatic heterocycles. The topological polar surface area (TPSA) is 62.0 Å². The van der Waals surface area contributed by atoms with E-state index in [4.69, 9.17) is 0 Å². The summed E-state index contributed by atoms with van der Waals surface area (Å²) < 4.78 is 0. The van der Waals surface area contributed by atoms with Crippen LogP contribution in [0.5, 0.6) is 0 Å². The lowest BCUT2D eigenvalue weighted by Crippen LogP contribution is -2.20. The summed E-state index contributed by atoms with van der Waals surface area (Å²) in [5, 5.41) is 3.83. The van der Waals surface area contributed by atoms with E-state index in [1.807, 2.05) is 61.5 Å². The molecule has 0 fully saturated rings. The second kappa shape index (κ2) is 6.48. The number of aromatic amines is 1. The Bertz CT molecular complexity index is 885. The maximum Gasteiger partial charge on any atom is 0.251 e. The molecule has 116 valence electrons. The van der Waals surface area contributed by atoms with Crippen LogP contribution in [0.1, 0.15) is 29.7 Å². The first-order chi connectivity index (χ1) is 11.2. The molecule has 0 bridgehead atoms. The van der Waals surface area contributed by atoms with E-state index >= 15 is 0 Å². The molecule has 1 unspecified atom stereocenters. The van der Waals surface area contributed by atoms with Crippen LogP contribution in [0.25, 0.3) is 10.9 Å². The molecule has 2 aromatic carbocycles. The first kappa shape index (κ1) is 15.0. The van der Waals surface area contributed by atoms with Crippen LogP contribution in [-0.2, 0) is 11.2 Å². The fourth-order valence-corrected chi connectivity index (χ4v) is 2.81. The highest BCUT2D eigenvalue weighted by Crippen LogP contribution is 2.24. The second-order valence-electron chi connectivity index (χ2n) is 5.45. The highest BCUT2D eigenvalue weighted by atomic mass is 16.1. The van der Waals surface area contributed by atoms with Crippen molar-refractivity contribution in [1.29, 1.82) is 0 Å². The van der Waals surface area contributed by atoms with E-state index in [0.29, 0.717) is 12.8 Å². The minimum absolute atomic E-state index is 0.0432. The monoisotopic (exact) mass is 306 g/mol. The number of fused-ring (bicyclic) bond motifs is 1. The van der Waals surface area contributed by atoms with Crippen LogP contribution in [0.15, 0.2) is 59.4 Å². The van der Waals surface area contributed by atoms with Crippen molar-refractivity contribution in [3.8, 4) is 0 Å². The van der Waals surface area contributed by atoms with Gasteiger partial charge in [0.2, 0.25) is 6.41 Å². The van der Waals surface area contributed by atoms with Gasteiger partial charge in [-0.1, -0.05) is 43.3 Å². The van der Waals surface area contributed by atoms with Crippen molar-refractivity contribution in [3.63, 3.8) is 0 Å². The lowest BCUT2D eigenvalue weighted by Gasteiger charge is -2.17. The second-order valence-corrected chi connectivity index (χ2v) is 5.45. The molecule has 0 saturated heterocycles. The lowest BCUT2D eigenvalue weighted by molar-refractivity contribution is -0.110. The standard InChI is InChI=1S/C19H18N2O2/c1-2-13-10-16-11-15(8-9-17(16)21-19(13)23)18(20-12-22)14-6-4-3-5-7-14/h3-12,18H,2H2,1H3,(H,20,22)(H,21,23). The molecule has 2 N–H and O–H groups in total. The first-order valence-corrected chi connectivity index (χ1v) is 7.63. The van der Waals surface area contributed by atoms with Gasteiger partial charge in [0.1, 0.15) is 0 Å². The molecule has 3 rings (SSSR count). The summed E-state index contributed by atoms with van der Waals surface area (Å²) in [5.74, 6) is 0. The molecule has 1 heterocycles. The fraction of sp³-hybridized carbons (Fsp3) is 0.158. The predicted molar refractivity (Wildman–Crippen MR) is 91.4 cm³/mol. The number of amides is 1. The lowest BCUT2D eigenvalue weighted by atomic mass is 9.97. The summed E-state index contributed by atoms with van der Waals surface area (Å²) in [4.78, 5) is 25.8. The zero-order valence-corrected chi connectivity index (χ0v) is 12.9.